The number of nitrogens with zero attached hydrogens (tertiary/aromatic N) is 3. The molecule has 0 radical (unpaired) electrons. The largest absolute Gasteiger partial charge is 0.370 e. The van der Waals surface area contributed by atoms with Crippen molar-refractivity contribution in [2.75, 3.05) is 23.3 Å². The molecule has 4 nitrogen and oxygen atoms in total. The maximum atomic E-state index is 4.56. The van der Waals surface area contributed by atoms with Gasteiger partial charge in [-0.3, -0.25) is 0 Å². The van der Waals surface area contributed by atoms with E-state index < -0.39 is 0 Å². The van der Waals surface area contributed by atoms with Crippen LogP contribution in [0.3, 0.4) is 0 Å². The Morgan fingerprint density at radius 2 is 2.05 bits per heavy atom. The minimum Gasteiger partial charge on any atom is -0.370 e. The normalized spacial score (nSPS) is 18.4. The molecule has 0 atom stereocenters. The molecule has 2 saturated carbocycles. The highest BCUT2D eigenvalue weighted by Gasteiger charge is 2.35. The van der Waals surface area contributed by atoms with E-state index in [1.807, 2.05) is 0 Å². The maximum Gasteiger partial charge on any atom is 0.137 e. The van der Waals surface area contributed by atoms with Crippen LogP contribution in [0.25, 0.3) is 0 Å². The molecule has 1 aromatic rings. The summed E-state index contributed by atoms with van der Waals surface area (Å²) in [6, 6.07) is 0.730. The Bertz CT molecular complexity index is 438. The molecule has 0 bridgehead atoms. The van der Waals surface area contributed by atoms with Crippen molar-refractivity contribution >= 4 is 11.6 Å². The van der Waals surface area contributed by atoms with Gasteiger partial charge in [0.25, 0.3) is 0 Å². The Morgan fingerprint density at radius 3 is 2.68 bits per heavy atom. The summed E-state index contributed by atoms with van der Waals surface area (Å²) in [5.74, 6) is 3.07. The fraction of sp³-hybridized carbons (Fsp3) is 0.733. The fourth-order valence-corrected chi connectivity index (χ4v) is 2.53. The summed E-state index contributed by atoms with van der Waals surface area (Å²) in [4.78, 5) is 11.5. The minimum atomic E-state index is 0.730. The van der Waals surface area contributed by atoms with Gasteiger partial charge in [-0.15, -0.1) is 0 Å². The zero-order valence-electron chi connectivity index (χ0n) is 12.0. The highest BCUT2D eigenvalue weighted by Crippen LogP contribution is 2.38. The van der Waals surface area contributed by atoms with Crippen LogP contribution in [0.4, 0.5) is 11.6 Å². The van der Waals surface area contributed by atoms with Gasteiger partial charge in [0.1, 0.15) is 18.0 Å². The van der Waals surface area contributed by atoms with Gasteiger partial charge < -0.3 is 10.2 Å². The molecule has 0 aliphatic heterocycles. The lowest BCUT2D eigenvalue weighted by atomic mass is 10.2. The van der Waals surface area contributed by atoms with Crippen molar-refractivity contribution < 1.29 is 0 Å². The molecule has 0 amide bonds. The number of nitrogens with one attached hydrogen (secondary N) is 1. The van der Waals surface area contributed by atoms with Crippen molar-refractivity contribution in [3.05, 3.63) is 11.9 Å². The molecule has 2 aliphatic carbocycles. The van der Waals surface area contributed by atoms with Crippen LogP contribution >= 0.6 is 0 Å². The van der Waals surface area contributed by atoms with Crippen LogP contribution in [0, 0.1) is 12.8 Å². The highest BCUT2D eigenvalue weighted by atomic mass is 15.2. The van der Waals surface area contributed by atoms with Gasteiger partial charge in [-0.2, -0.15) is 0 Å². The van der Waals surface area contributed by atoms with E-state index in [2.05, 4.69) is 34.0 Å². The van der Waals surface area contributed by atoms with E-state index in [0.29, 0.717) is 0 Å². The lowest BCUT2D eigenvalue weighted by molar-refractivity contribution is 0.705. The topological polar surface area (TPSA) is 41.1 Å². The van der Waals surface area contributed by atoms with Crippen LogP contribution in [0.5, 0.6) is 0 Å². The van der Waals surface area contributed by atoms with Crippen molar-refractivity contribution in [2.45, 2.75) is 52.0 Å². The van der Waals surface area contributed by atoms with E-state index in [-0.39, 0.29) is 0 Å². The molecule has 1 heterocycles. The monoisotopic (exact) mass is 260 g/mol. The lowest BCUT2D eigenvalue weighted by Crippen LogP contribution is -2.30. The van der Waals surface area contributed by atoms with Gasteiger partial charge >= 0.3 is 0 Å². The van der Waals surface area contributed by atoms with E-state index in [1.54, 1.807) is 6.33 Å². The number of aromatic nitrogens is 2. The third kappa shape index (κ3) is 2.99. The summed E-state index contributed by atoms with van der Waals surface area (Å²) < 4.78 is 0. The first-order chi connectivity index (χ1) is 9.29. The van der Waals surface area contributed by atoms with Gasteiger partial charge in [-0.05, 0) is 44.9 Å². The van der Waals surface area contributed by atoms with Gasteiger partial charge in [-0.25, -0.2) is 9.97 Å². The Balaban J connectivity index is 1.80. The summed E-state index contributed by atoms with van der Waals surface area (Å²) in [6.45, 7) is 6.49. The van der Waals surface area contributed by atoms with Crippen LogP contribution in [0.1, 0.15) is 44.6 Å². The average Bonchev–Trinajstić information content (AvgIpc) is 3.28. The zero-order valence-corrected chi connectivity index (χ0v) is 12.0. The molecule has 0 spiro atoms. The van der Waals surface area contributed by atoms with E-state index in [1.165, 1.54) is 37.8 Å². The Labute approximate surface area is 115 Å². The fourth-order valence-electron chi connectivity index (χ4n) is 2.53. The smallest absolute Gasteiger partial charge is 0.137 e. The molecule has 0 aromatic carbocycles. The Hall–Kier alpha value is -1.32. The van der Waals surface area contributed by atoms with Crippen molar-refractivity contribution in [2.24, 2.45) is 5.92 Å². The van der Waals surface area contributed by atoms with Crippen LogP contribution in [-0.2, 0) is 0 Å². The molecule has 0 unspecified atom stereocenters. The predicted molar refractivity (Wildman–Crippen MR) is 78.6 cm³/mol. The summed E-state index contributed by atoms with van der Waals surface area (Å²) in [6.07, 6.45) is 8.28. The first-order valence-electron chi connectivity index (χ1n) is 7.61. The van der Waals surface area contributed by atoms with Gasteiger partial charge in [0, 0.05) is 24.7 Å². The molecular formula is C15H24N4. The average molecular weight is 260 g/mol. The summed E-state index contributed by atoms with van der Waals surface area (Å²) in [5.41, 5.74) is 1.21. The quantitative estimate of drug-likeness (QED) is 0.818. The van der Waals surface area contributed by atoms with Crippen molar-refractivity contribution in [1.82, 2.24) is 9.97 Å². The molecule has 4 heteroatoms. The molecule has 19 heavy (non-hydrogen) atoms. The van der Waals surface area contributed by atoms with E-state index in [4.69, 9.17) is 0 Å². The van der Waals surface area contributed by atoms with Crippen LogP contribution in [0.2, 0.25) is 0 Å². The molecule has 2 aliphatic rings. The van der Waals surface area contributed by atoms with E-state index >= 15 is 0 Å². The number of anilines is 2. The maximum absolute atomic E-state index is 4.56. The first kappa shape index (κ1) is 12.7. The molecule has 104 valence electrons. The number of hydrogen-bond donors (Lipinski definition) is 1. The van der Waals surface area contributed by atoms with Crippen LogP contribution < -0.4 is 10.2 Å². The second-order valence-electron chi connectivity index (χ2n) is 5.92. The second kappa shape index (κ2) is 5.35. The highest BCUT2D eigenvalue weighted by molar-refractivity contribution is 5.59. The third-order valence-corrected chi connectivity index (χ3v) is 4.01. The van der Waals surface area contributed by atoms with Gasteiger partial charge in [0.2, 0.25) is 0 Å². The van der Waals surface area contributed by atoms with Crippen molar-refractivity contribution in [3.8, 4) is 0 Å². The minimum absolute atomic E-state index is 0.730. The number of rotatable bonds is 7. The third-order valence-electron chi connectivity index (χ3n) is 4.01. The molecule has 1 aromatic heterocycles. The van der Waals surface area contributed by atoms with Crippen molar-refractivity contribution in [1.29, 1.82) is 0 Å². The molecule has 1 N–H and O–H groups in total. The summed E-state index contributed by atoms with van der Waals surface area (Å²) in [7, 11) is 0. The zero-order chi connectivity index (χ0) is 13.2. The molecule has 0 saturated heterocycles. The predicted octanol–water partition coefficient (Wildman–Crippen LogP) is 2.99. The summed E-state index contributed by atoms with van der Waals surface area (Å²) >= 11 is 0. The van der Waals surface area contributed by atoms with Gasteiger partial charge in [0.15, 0.2) is 0 Å². The van der Waals surface area contributed by atoms with Crippen LogP contribution in [-0.4, -0.2) is 29.1 Å². The van der Waals surface area contributed by atoms with Crippen LogP contribution in [0.15, 0.2) is 6.33 Å². The molecule has 3 rings (SSSR count). The SMILES string of the molecule is CCCNc1ncnc(N(CC2CC2)C2CC2)c1C. The Kier molecular flexibility index (Phi) is 3.58. The molecule has 2 fully saturated rings. The molecular weight excluding hydrogens is 236 g/mol. The van der Waals surface area contributed by atoms with E-state index in [9.17, 15) is 0 Å². The van der Waals surface area contributed by atoms with Crippen molar-refractivity contribution in [3.63, 3.8) is 0 Å². The Morgan fingerprint density at radius 1 is 1.26 bits per heavy atom. The van der Waals surface area contributed by atoms with Gasteiger partial charge in [0.05, 0.1) is 0 Å². The first-order valence-corrected chi connectivity index (χ1v) is 7.61. The van der Waals surface area contributed by atoms with E-state index in [0.717, 1.165) is 36.6 Å². The number of hydrogen-bond acceptors (Lipinski definition) is 4. The lowest BCUT2D eigenvalue weighted by Gasteiger charge is -2.25. The standard InChI is InChI=1S/C15H24N4/c1-3-8-16-14-11(2)15(18-10-17-14)19(13-6-7-13)9-12-4-5-12/h10,12-13H,3-9H2,1-2H3,(H,16,17,18). The summed E-state index contributed by atoms with van der Waals surface area (Å²) in [5, 5.41) is 3.41. The van der Waals surface area contributed by atoms with Gasteiger partial charge in [-0.1, -0.05) is 6.92 Å². The second-order valence-corrected chi connectivity index (χ2v) is 5.92.